The van der Waals surface area contributed by atoms with Crippen molar-refractivity contribution in [3.63, 3.8) is 0 Å². The van der Waals surface area contributed by atoms with E-state index in [9.17, 15) is 31.1 Å². The molecule has 1 fully saturated rings. The molecule has 1 aromatic carbocycles. The fourth-order valence-electron chi connectivity index (χ4n) is 3.48. The molecule has 0 spiro atoms. The number of carbonyl (C=O) groups excluding carboxylic acids is 1. The fourth-order valence-corrected chi connectivity index (χ4v) is 3.48. The molecule has 1 saturated heterocycles. The van der Waals surface area contributed by atoms with Gasteiger partial charge in [-0.3, -0.25) is 4.79 Å². The summed E-state index contributed by atoms with van der Waals surface area (Å²) in [6.45, 7) is 0.0283. The Morgan fingerprint density at radius 2 is 1.90 bits per heavy atom. The second-order valence-electron chi connectivity index (χ2n) is 7.30. The number of rotatable bonds is 7. The lowest BCUT2D eigenvalue weighted by Crippen LogP contribution is -2.56. The van der Waals surface area contributed by atoms with Gasteiger partial charge < -0.3 is 16.0 Å². The van der Waals surface area contributed by atoms with E-state index in [-0.39, 0.29) is 25.0 Å². The maximum atomic E-state index is 14.8. The van der Waals surface area contributed by atoms with Gasteiger partial charge in [0.1, 0.15) is 5.82 Å². The molecule has 11 heteroatoms. The second kappa shape index (κ2) is 9.13. The van der Waals surface area contributed by atoms with Gasteiger partial charge in [0.15, 0.2) is 23.3 Å². The number of hydrogen-bond donors (Lipinski definition) is 2. The van der Waals surface area contributed by atoms with Gasteiger partial charge >= 0.3 is 5.92 Å². The van der Waals surface area contributed by atoms with Crippen LogP contribution in [0.5, 0.6) is 0 Å². The number of nitrogens with two attached hydrogens (primary N) is 1. The van der Waals surface area contributed by atoms with Gasteiger partial charge in [-0.2, -0.15) is 8.78 Å². The molecular formula is C20H20F6N4O. The zero-order chi connectivity index (χ0) is 22.8. The Balaban J connectivity index is 1.69. The van der Waals surface area contributed by atoms with Crippen molar-refractivity contribution in [2.75, 3.05) is 18.4 Å². The van der Waals surface area contributed by atoms with E-state index in [2.05, 4.69) is 10.3 Å². The van der Waals surface area contributed by atoms with Crippen molar-refractivity contribution in [1.29, 1.82) is 0 Å². The lowest BCUT2D eigenvalue weighted by atomic mass is 9.99. The summed E-state index contributed by atoms with van der Waals surface area (Å²) in [4.78, 5) is 17.3. The molecule has 1 aromatic heterocycles. The van der Waals surface area contributed by atoms with Crippen LogP contribution in [0.3, 0.4) is 0 Å². The Morgan fingerprint density at radius 3 is 2.61 bits per heavy atom. The standard InChI is InChI=1S/C20H20F6N4O/c21-13-4-1-5-28-18(13)29-10-12-3-2-6-30(12)19(31)20(25,26)17(27)8-11-7-15(23)16(24)9-14(11)22/h1,4-5,7,9,12,17H,2-3,6,8,10,27H2,(H,28,29)/t12?,17-/m1/s1. The van der Waals surface area contributed by atoms with Crippen molar-refractivity contribution >= 4 is 11.7 Å². The quantitative estimate of drug-likeness (QED) is 0.506. The first kappa shape index (κ1) is 22.9. The van der Waals surface area contributed by atoms with Crippen molar-refractivity contribution in [3.05, 3.63) is 59.3 Å². The summed E-state index contributed by atoms with van der Waals surface area (Å²) < 4.78 is 83.4. The molecule has 1 aliphatic rings. The van der Waals surface area contributed by atoms with Crippen LogP contribution in [-0.4, -0.2) is 46.9 Å². The van der Waals surface area contributed by atoms with Gasteiger partial charge in [0.2, 0.25) is 0 Å². The molecule has 0 radical (unpaired) electrons. The highest BCUT2D eigenvalue weighted by Crippen LogP contribution is 2.29. The molecule has 5 nitrogen and oxygen atoms in total. The van der Waals surface area contributed by atoms with Gasteiger partial charge in [0.05, 0.1) is 6.04 Å². The summed E-state index contributed by atoms with van der Waals surface area (Å²) in [5.74, 6) is -10.5. The van der Waals surface area contributed by atoms with E-state index in [1.165, 1.54) is 18.3 Å². The van der Waals surface area contributed by atoms with Crippen molar-refractivity contribution in [2.45, 2.75) is 37.3 Å². The van der Waals surface area contributed by atoms with Crippen LogP contribution in [0, 0.1) is 23.3 Å². The third-order valence-electron chi connectivity index (χ3n) is 5.18. The Hall–Kier alpha value is -2.82. The Bertz CT molecular complexity index is 957. The van der Waals surface area contributed by atoms with E-state index in [1.807, 2.05) is 0 Å². The molecule has 2 atom stereocenters. The largest absolute Gasteiger partial charge is 0.366 e. The Kier molecular flexibility index (Phi) is 6.73. The van der Waals surface area contributed by atoms with Crippen LogP contribution in [-0.2, 0) is 11.2 Å². The first-order chi connectivity index (χ1) is 14.6. The van der Waals surface area contributed by atoms with E-state index in [0.29, 0.717) is 18.9 Å². The van der Waals surface area contributed by atoms with E-state index in [0.717, 1.165) is 4.90 Å². The molecule has 0 bridgehead atoms. The van der Waals surface area contributed by atoms with Crippen LogP contribution in [0.4, 0.5) is 32.2 Å². The summed E-state index contributed by atoms with van der Waals surface area (Å²) in [5.41, 5.74) is 4.92. The summed E-state index contributed by atoms with van der Waals surface area (Å²) in [6.07, 6.45) is 1.33. The Labute approximate surface area is 174 Å². The number of nitrogens with one attached hydrogen (secondary N) is 1. The van der Waals surface area contributed by atoms with Crippen molar-refractivity contribution in [2.24, 2.45) is 5.73 Å². The summed E-state index contributed by atoms with van der Waals surface area (Å²) in [5, 5.41) is 2.70. The summed E-state index contributed by atoms with van der Waals surface area (Å²) in [7, 11) is 0. The van der Waals surface area contributed by atoms with Crippen molar-refractivity contribution in [3.8, 4) is 0 Å². The predicted molar refractivity (Wildman–Crippen MR) is 100 cm³/mol. The average molecular weight is 446 g/mol. The predicted octanol–water partition coefficient (Wildman–Crippen LogP) is 3.25. The minimum atomic E-state index is -4.09. The zero-order valence-corrected chi connectivity index (χ0v) is 16.2. The summed E-state index contributed by atoms with van der Waals surface area (Å²) in [6, 6.07) is 0.417. The number of likely N-dealkylation sites (tertiary alicyclic amines) is 1. The lowest BCUT2D eigenvalue weighted by Gasteiger charge is -2.31. The molecular weight excluding hydrogens is 426 g/mol. The van der Waals surface area contributed by atoms with Crippen molar-refractivity contribution in [1.82, 2.24) is 9.88 Å². The number of amides is 1. The Morgan fingerprint density at radius 1 is 1.19 bits per heavy atom. The van der Waals surface area contributed by atoms with Gasteiger partial charge in [0.25, 0.3) is 5.91 Å². The highest BCUT2D eigenvalue weighted by Gasteiger charge is 2.50. The maximum Gasteiger partial charge on any atom is 0.339 e. The van der Waals surface area contributed by atoms with Crippen molar-refractivity contribution < 1.29 is 31.1 Å². The number of benzene rings is 1. The number of hydrogen-bond acceptors (Lipinski definition) is 4. The van der Waals surface area contributed by atoms with Crippen LogP contribution < -0.4 is 11.1 Å². The van der Waals surface area contributed by atoms with Crippen LogP contribution in [0.1, 0.15) is 18.4 Å². The van der Waals surface area contributed by atoms with Crippen LogP contribution in [0.2, 0.25) is 0 Å². The highest BCUT2D eigenvalue weighted by atomic mass is 19.3. The van der Waals surface area contributed by atoms with E-state index in [4.69, 9.17) is 5.73 Å². The maximum absolute atomic E-state index is 14.8. The first-order valence-corrected chi connectivity index (χ1v) is 9.53. The zero-order valence-electron chi connectivity index (χ0n) is 16.2. The minimum Gasteiger partial charge on any atom is -0.366 e. The van der Waals surface area contributed by atoms with Crippen LogP contribution in [0.25, 0.3) is 0 Å². The van der Waals surface area contributed by atoms with Gasteiger partial charge in [-0.25, -0.2) is 22.5 Å². The van der Waals surface area contributed by atoms with E-state index < -0.39 is 59.2 Å². The van der Waals surface area contributed by atoms with Gasteiger partial charge in [-0.15, -0.1) is 0 Å². The summed E-state index contributed by atoms with van der Waals surface area (Å²) >= 11 is 0. The van der Waals surface area contributed by atoms with Gasteiger partial charge in [-0.05, 0) is 43.0 Å². The number of pyridine rings is 1. The smallest absolute Gasteiger partial charge is 0.339 e. The number of halogens is 6. The normalized spacial score (nSPS) is 17.6. The molecule has 3 rings (SSSR count). The average Bonchev–Trinajstić information content (AvgIpc) is 3.19. The monoisotopic (exact) mass is 446 g/mol. The number of aromatic nitrogens is 1. The topological polar surface area (TPSA) is 71.2 Å². The SMILES string of the molecule is N[C@H](Cc1cc(F)c(F)cc1F)C(F)(F)C(=O)N1CCCC1CNc1ncccc1F. The third-order valence-corrected chi connectivity index (χ3v) is 5.18. The van der Waals surface area contributed by atoms with Gasteiger partial charge in [-0.1, -0.05) is 0 Å². The fraction of sp³-hybridized carbons (Fsp3) is 0.400. The molecule has 2 aromatic rings. The number of alkyl halides is 2. The molecule has 31 heavy (non-hydrogen) atoms. The van der Waals surface area contributed by atoms with Crippen LogP contribution >= 0.6 is 0 Å². The van der Waals surface area contributed by atoms with E-state index >= 15 is 0 Å². The molecule has 0 saturated carbocycles. The molecule has 1 unspecified atom stereocenters. The first-order valence-electron chi connectivity index (χ1n) is 9.53. The van der Waals surface area contributed by atoms with Crippen LogP contribution in [0.15, 0.2) is 30.5 Å². The molecule has 3 N–H and O–H groups in total. The minimum absolute atomic E-state index is 0.0111. The van der Waals surface area contributed by atoms with Gasteiger partial charge in [0, 0.05) is 31.4 Å². The lowest BCUT2D eigenvalue weighted by molar-refractivity contribution is -0.161. The molecule has 1 amide bonds. The molecule has 0 aliphatic carbocycles. The number of carbonyl (C=O) groups is 1. The second-order valence-corrected chi connectivity index (χ2v) is 7.30. The number of anilines is 1. The highest BCUT2D eigenvalue weighted by molar-refractivity contribution is 5.85. The third kappa shape index (κ3) is 4.92. The van der Waals surface area contributed by atoms with E-state index in [1.54, 1.807) is 0 Å². The molecule has 168 valence electrons. The number of nitrogens with zero attached hydrogens (tertiary/aromatic N) is 2. The molecule has 1 aliphatic heterocycles. The molecule has 2 heterocycles.